The first kappa shape index (κ1) is 18.7. The minimum absolute atomic E-state index is 0.0148. The third-order valence-corrected chi connectivity index (χ3v) is 6.57. The topological polar surface area (TPSA) is 66.0 Å². The van der Waals surface area contributed by atoms with Crippen molar-refractivity contribution in [2.45, 2.75) is 51.0 Å². The highest BCUT2D eigenvalue weighted by molar-refractivity contribution is 5.98. The number of amides is 1. The monoisotopic (exact) mass is 393 g/mol. The molecule has 2 fully saturated rings. The molecular formula is C23H29N4O2. The zero-order valence-electron chi connectivity index (χ0n) is 17.0. The summed E-state index contributed by atoms with van der Waals surface area (Å²) in [5.74, 6) is 2.03. The van der Waals surface area contributed by atoms with Gasteiger partial charge in [0.25, 0.3) is 5.91 Å². The second-order valence-corrected chi connectivity index (χ2v) is 8.80. The summed E-state index contributed by atoms with van der Waals surface area (Å²) in [6.07, 6.45) is 17.0. The van der Waals surface area contributed by atoms with E-state index < -0.39 is 0 Å². The van der Waals surface area contributed by atoms with E-state index in [0.29, 0.717) is 11.5 Å². The van der Waals surface area contributed by atoms with Gasteiger partial charge in [0.15, 0.2) is 5.96 Å². The highest BCUT2D eigenvalue weighted by Crippen LogP contribution is 2.42. The number of ether oxygens (including phenoxy) is 1. The molecule has 6 heteroatoms. The van der Waals surface area contributed by atoms with Crippen LogP contribution >= 0.6 is 0 Å². The van der Waals surface area contributed by atoms with Crippen LogP contribution in [0.2, 0.25) is 0 Å². The first-order chi connectivity index (χ1) is 14.1. The standard InChI is InChI=1S/C23H29N4O2/c1-14-12-27(13-15(2)29-14)23-24-11-19(21(26-23)16-6-3-4-7-16)22(28)25-20-10-17-8-5-9-18(17)20/h3-7,9,11,14-15,17-18,20-21H,8,10,12-13H2,1-2H3,(H,24,26)(H,25,28)/t14-,15+,17?,18?,20?,21?. The van der Waals surface area contributed by atoms with Gasteiger partial charge in [-0.2, -0.15) is 0 Å². The lowest BCUT2D eigenvalue weighted by Gasteiger charge is -2.41. The van der Waals surface area contributed by atoms with Crippen LogP contribution in [-0.2, 0) is 9.53 Å². The number of fused-ring (bicyclic) bond motifs is 1. The minimum Gasteiger partial charge on any atom is -0.372 e. The van der Waals surface area contributed by atoms with Gasteiger partial charge in [0.1, 0.15) is 6.04 Å². The molecule has 153 valence electrons. The van der Waals surface area contributed by atoms with E-state index in [4.69, 9.17) is 9.73 Å². The Bertz CT molecular complexity index is 830. The van der Waals surface area contributed by atoms with Gasteiger partial charge in [-0.3, -0.25) is 4.79 Å². The Hall–Kier alpha value is -2.34. The van der Waals surface area contributed by atoms with E-state index in [1.54, 1.807) is 0 Å². The van der Waals surface area contributed by atoms with Crippen molar-refractivity contribution in [1.82, 2.24) is 15.5 Å². The van der Waals surface area contributed by atoms with Crippen LogP contribution in [0.15, 0.2) is 52.7 Å². The molecule has 5 aliphatic rings. The molecule has 1 saturated heterocycles. The van der Waals surface area contributed by atoms with Crippen molar-refractivity contribution in [2.75, 3.05) is 13.1 Å². The Kier molecular flexibility index (Phi) is 4.82. The first-order valence-electron chi connectivity index (χ1n) is 10.7. The summed E-state index contributed by atoms with van der Waals surface area (Å²) in [4.78, 5) is 20.3. The Morgan fingerprint density at radius 3 is 2.83 bits per heavy atom. The highest BCUT2D eigenvalue weighted by Gasteiger charge is 2.42. The smallest absolute Gasteiger partial charge is 0.251 e. The van der Waals surface area contributed by atoms with Crippen LogP contribution < -0.4 is 10.6 Å². The van der Waals surface area contributed by atoms with Crippen molar-refractivity contribution in [1.29, 1.82) is 0 Å². The summed E-state index contributed by atoms with van der Waals surface area (Å²) in [7, 11) is 0. The number of aliphatic imine (C=N–C) groups is 1. The maximum absolute atomic E-state index is 13.1. The summed E-state index contributed by atoms with van der Waals surface area (Å²) in [5, 5.41) is 6.55. The normalized spacial score (nSPS) is 37.9. The van der Waals surface area contributed by atoms with Gasteiger partial charge < -0.3 is 20.3 Å². The second-order valence-electron chi connectivity index (χ2n) is 8.80. The summed E-state index contributed by atoms with van der Waals surface area (Å²) in [5.41, 5.74) is 1.73. The van der Waals surface area contributed by atoms with Crippen molar-refractivity contribution in [3.05, 3.63) is 54.1 Å². The largest absolute Gasteiger partial charge is 0.372 e. The van der Waals surface area contributed by atoms with Crippen LogP contribution in [-0.4, -0.2) is 54.1 Å². The fourth-order valence-electron chi connectivity index (χ4n) is 5.12. The van der Waals surface area contributed by atoms with E-state index >= 15 is 0 Å². The molecule has 1 radical (unpaired) electrons. The van der Waals surface area contributed by atoms with Crippen LogP contribution in [0.3, 0.4) is 0 Å². The molecule has 1 amide bonds. The van der Waals surface area contributed by atoms with Gasteiger partial charge in [-0.15, -0.1) is 0 Å². The zero-order valence-corrected chi connectivity index (χ0v) is 17.0. The number of hydrogen-bond donors (Lipinski definition) is 2. The summed E-state index contributed by atoms with van der Waals surface area (Å²) in [6.45, 7) is 5.74. The lowest BCUT2D eigenvalue weighted by molar-refractivity contribution is -0.119. The van der Waals surface area contributed by atoms with Gasteiger partial charge in [-0.25, -0.2) is 4.99 Å². The number of hydrogen-bond acceptors (Lipinski definition) is 5. The molecule has 0 aromatic heterocycles. The lowest BCUT2D eigenvalue weighted by Crippen LogP contribution is -2.54. The van der Waals surface area contributed by atoms with Gasteiger partial charge in [0.2, 0.25) is 0 Å². The lowest BCUT2D eigenvalue weighted by atomic mass is 9.71. The third kappa shape index (κ3) is 3.54. The van der Waals surface area contributed by atoms with Gasteiger partial charge in [0.05, 0.1) is 17.8 Å². The number of carbonyl (C=O) groups excluding carboxylic acids is 1. The summed E-state index contributed by atoms with van der Waals surface area (Å²) < 4.78 is 5.85. The van der Waals surface area contributed by atoms with E-state index in [0.717, 1.165) is 43.4 Å². The molecule has 3 aliphatic carbocycles. The molecule has 6 atom stereocenters. The zero-order chi connectivity index (χ0) is 20.0. The van der Waals surface area contributed by atoms with Gasteiger partial charge in [-0.05, 0) is 38.2 Å². The maximum atomic E-state index is 13.1. The quantitative estimate of drug-likeness (QED) is 0.721. The Morgan fingerprint density at radius 2 is 2.10 bits per heavy atom. The number of guanidine groups is 1. The predicted octanol–water partition coefficient (Wildman–Crippen LogP) is 2.09. The van der Waals surface area contributed by atoms with E-state index in [-0.39, 0.29) is 30.2 Å². The molecule has 2 aliphatic heterocycles. The minimum atomic E-state index is -0.287. The molecule has 6 nitrogen and oxygen atoms in total. The van der Waals surface area contributed by atoms with Gasteiger partial charge in [-0.1, -0.05) is 30.4 Å². The molecule has 1 saturated carbocycles. The SMILES string of the molecule is C[C@@H]1CN(C2=NC(C3=CC=C[CH]3)C(C(=O)NC3CC4CC=CC43)=CN2)C[C@H](C)O1. The van der Waals surface area contributed by atoms with Crippen LogP contribution in [0.5, 0.6) is 0 Å². The number of nitrogens with zero attached hydrogens (tertiary/aromatic N) is 2. The fourth-order valence-corrected chi connectivity index (χ4v) is 5.12. The molecule has 0 aromatic carbocycles. The van der Waals surface area contributed by atoms with Crippen LogP contribution in [0.1, 0.15) is 26.7 Å². The molecular weight excluding hydrogens is 364 g/mol. The van der Waals surface area contributed by atoms with Crippen LogP contribution in [0.4, 0.5) is 0 Å². The Balaban J connectivity index is 1.33. The number of nitrogens with one attached hydrogen (secondary N) is 2. The van der Waals surface area contributed by atoms with Crippen molar-refractivity contribution in [2.24, 2.45) is 16.8 Å². The van der Waals surface area contributed by atoms with E-state index in [2.05, 4.69) is 41.5 Å². The van der Waals surface area contributed by atoms with Gasteiger partial charge in [0, 0.05) is 37.7 Å². The Labute approximate surface area is 172 Å². The number of carbonyl (C=O) groups is 1. The molecule has 2 N–H and O–H groups in total. The highest BCUT2D eigenvalue weighted by atomic mass is 16.5. The molecule has 2 heterocycles. The van der Waals surface area contributed by atoms with E-state index in [9.17, 15) is 4.79 Å². The first-order valence-corrected chi connectivity index (χ1v) is 10.7. The number of rotatable bonds is 3. The van der Waals surface area contributed by atoms with E-state index in [1.165, 1.54) is 0 Å². The molecule has 0 spiro atoms. The van der Waals surface area contributed by atoms with Crippen molar-refractivity contribution >= 4 is 11.9 Å². The average molecular weight is 394 g/mol. The van der Waals surface area contributed by atoms with Crippen molar-refractivity contribution in [3.63, 3.8) is 0 Å². The molecule has 0 aromatic rings. The number of morpholine rings is 1. The van der Waals surface area contributed by atoms with Crippen LogP contribution in [0, 0.1) is 18.3 Å². The van der Waals surface area contributed by atoms with Crippen LogP contribution in [0.25, 0.3) is 0 Å². The summed E-state index contributed by atoms with van der Waals surface area (Å²) in [6, 6.07) is -0.0384. The second kappa shape index (κ2) is 7.48. The summed E-state index contributed by atoms with van der Waals surface area (Å²) >= 11 is 0. The third-order valence-electron chi connectivity index (χ3n) is 6.57. The maximum Gasteiger partial charge on any atom is 0.251 e. The van der Waals surface area contributed by atoms with Crippen molar-refractivity contribution in [3.8, 4) is 0 Å². The number of allylic oxidation sites excluding steroid dienone is 4. The Morgan fingerprint density at radius 1 is 1.28 bits per heavy atom. The fraction of sp³-hybridized carbons (Fsp3) is 0.522. The van der Waals surface area contributed by atoms with Gasteiger partial charge >= 0.3 is 0 Å². The van der Waals surface area contributed by atoms with Crippen molar-refractivity contribution < 1.29 is 9.53 Å². The predicted molar refractivity (Wildman–Crippen MR) is 113 cm³/mol. The molecule has 4 unspecified atom stereocenters. The molecule has 29 heavy (non-hydrogen) atoms. The van der Waals surface area contributed by atoms with E-state index in [1.807, 2.05) is 30.8 Å². The molecule has 5 rings (SSSR count). The average Bonchev–Trinajstić information content (AvgIpc) is 3.34. The molecule has 0 bridgehead atoms.